The first kappa shape index (κ1) is 14.1. The van der Waals surface area contributed by atoms with Gasteiger partial charge in [0.2, 0.25) is 0 Å². The first-order valence-corrected chi connectivity index (χ1v) is 7.87. The minimum atomic E-state index is 0.221. The molecule has 0 atom stereocenters. The van der Waals surface area contributed by atoms with E-state index in [0.717, 1.165) is 23.6 Å². The van der Waals surface area contributed by atoms with Crippen LogP contribution < -0.4 is 0 Å². The SMILES string of the molecule is CC(C)(C)C1CCC(C(=O)c2ccc(Cl)s2)CC1. The Kier molecular flexibility index (Phi) is 4.18. The van der Waals surface area contributed by atoms with Crippen molar-refractivity contribution in [2.45, 2.75) is 46.5 Å². The van der Waals surface area contributed by atoms with Gasteiger partial charge < -0.3 is 0 Å². The van der Waals surface area contributed by atoms with Gasteiger partial charge in [-0.05, 0) is 49.1 Å². The summed E-state index contributed by atoms with van der Waals surface area (Å²) < 4.78 is 0.710. The minimum Gasteiger partial charge on any atom is -0.293 e. The van der Waals surface area contributed by atoms with Crippen molar-refractivity contribution in [3.8, 4) is 0 Å². The molecule has 1 heterocycles. The molecule has 1 fully saturated rings. The van der Waals surface area contributed by atoms with Crippen molar-refractivity contribution in [1.82, 2.24) is 0 Å². The maximum atomic E-state index is 12.3. The molecular weight excluding hydrogens is 264 g/mol. The molecule has 1 aliphatic carbocycles. The summed E-state index contributed by atoms with van der Waals surface area (Å²) in [4.78, 5) is 13.2. The van der Waals surface area contributed by atoms with Crippen molar-refractivity contribution >= 4 is 28.7 Å². The Hall–Kier alpha value is -0.340. The van der Waals surface area contributed by atoms with Gasteiger partial charge in [0.15, 0.2) is 5.78 Å². The molecule has 100 valence electrons. The van der Waals surface area contributed by atoms with Crippen LogP contribution in [0.3, 0.4) is 0 Å². The number of carbonyl (C=O) groups is 1. The van der Waals surface area contributed by atoms with E-state index in [1.165, 1.54) is 24.2 Å². The summed E-state index contributed by atoms with van der Waals surface area (Å²) >= 11 is 7.30. The van der Waals surface area contributed by atoms with Gasteiger partial charge in [0.25, 0.3) is 0 Å². The van der Waals surface area contributed by atoms with Crippen LogP contribution in [0.1, 0.15) is 56.1 Å². The molecule has 1 aromatic heterocycles. The third kappa shape index (κ3) is 3.16. The quantitative estimate of drug-likeness (QED) is 0.661. The van der Waals surface area contributed by atoms with Gasteiger partial charge in [-0.25, -0.2) is 0 Å². The lowest BCUT2D eigenvalue weighted by atomic mass is 9.69. The van der Waals surface area contributed by atoms with Gasteiger partial charge in [-0.1, -0.05) is 32.4 Å². The lowest BCUT2D eigenvalue weighted by Crippen LogP contribution is -2.28. The van der Waals surface area contributed by atoms with Gasteiger partial charge in [0, 0.05) is 5.92 Å². The number of ketones is 1. The molecule has 1 nitrogen and oxygen atoms in total. The van der Waals surface area contributed by atoms with Crippen LogP contribution in [0, 0.1) is 17.3 Å². The summed E-state index contributed by atoms with van der Waals surface area (Å²) in [6.45, 7) is 6.91. The zero-order valence-corrected chi connectivity index (χ0v) is 12.9. The Labute approximate surface area is 119 Å². The Morgan fingerprint density at radius 2 is 1.83 bits per heavy atom. The zero-order valence-electron chi connectivity index (χ0n) is 11.3. The molecule has 0 N–H and O–H groups in total. The van der Waals surface area contributed by atoms with Gasteiger partial charge in [0.1, 0.15) is 0 Å². The highest BCUT2D eigenvalue weighted by Gasteiger charge is 2.32. The molecule has 1 saturated carbocycles. The summed E-state index contributed by atoms with van der Waals surface area (Å²) in [5.74, 6) is 1.28. The molecule has 18 heavy (non-hydrogen) atoms. The Morgan fingerprint density at radius 3 is 2.28 bits per heavy atom. The molecule has 2 rings (SSSR count). The van der Waals surface area contributed by atoms with Gasteiger partial charge in [-0.15, -0.1) is 11.3 Å². The Balaban J connectivity index is 1.96. The zero-order chi connectivity index (χ0) is 13.3. The van der Waals surface area contributed by atoms with Crippen molar-refractivity contribution in [2.75, 3.05) is 0 Å². The van der Waals surface area contributed by atoms with Gasteiger partial charge in [-0.2, -0.15) is 0 Å². The van der Waals surface area contributed by atoms with E-state index < -0.39 is 0 Å². The molecule has 0 amide bonds. The fourth-order valence-electron chi connectivity index (χ4n) is 2.87. The standard InChI is InChI=1S/C15H21ClOS/c1-15(2,3)11-6-4-10(5-7-11)14(17)12-8-9-13(16)18-12/h8-11H,4-7H2,1-3H3. The molecule has 0 radical (unpaired) electrons. The third-order valence-electron chi connectivity index (χ3n) is 4.14. The average molecular weight is 285 g/mol. The lowest BCUT2D eigenvalue weighted by molar-refractivity contribution is 0.0823. The predicted molar refractivity (Wildman–Crippen MR) is 78.6 cm³/mol. The maximum Gasteiger partial charge on any atom is 0.175 e. The Bertz CT molecular complexity index is 422. The highest BCUT2D eigenvalue weighted by molar-refractivity contribution is 7.18. The number of Topliss-reactive ketones (excluding diaryl/α,β-unsaturated/α-hetero) is 1. The van der Waals surface area contributed by atoms with Crippen molar-refractivity contribution in [2.24, 2.45) is 17.3 Å². The molecule has 0 spiro atoms. The van der Waals surface area contributed by atoms with Crippen LogP contribution in [-0.2, 0) is 0 Å². The molecule has 0 saturated heterocycles. The number of rotatable bonds is 2. The monoisotopic (exact) mass is 284 g/mol. The highest BCUT2D eigenvalue weighted by Crippen LogP contribution is 2.41. The molecule has 3 heteroatoms. The molecule has 1 aromatic rings. The van der Waals surface area contributed by atoms with E-state index in [9.17, 15) is 4.79 Å². The van der Waals surface area contributed by atoms with E-state index >= 15 is 0 Å². The second-order valence-corrected chi connectivity index (χ2v) is 8.10. The summed E-state index contributed by atoms with van der Waals surface area (Å²) in [5.41, 5.74) is 0.375. The molecular formula is C15H21ClOS. The van der Waals surface area contributed by atoms with E-state index in [-0.39, 0.29) is 5.92 Å². The first-order chi connectivity index (χ1) is 8.38. The third-order valence-corrected chi connectivity index (χ3v) is 5.38. The van der Waals surface area contributed by atoms with E-state index in [4.69, 9.17) is 11.6 Å². The average Bonchev–Trinajstić information content (AvgIpc) is 2.74. The summed E-state index contributed by atoms with van der Waals surface area (Å²) in [6, 6.07) is 3.69. The summed E-state index contributed by atoms with van der Waals surface area (Å²) in [6.07, 6.45) is 4.44. The van der Waals surface area contributed by atoms with Crippen molar-refractivity contribution < 1.29 is 4.79 Å². The predicted octanol–water partition coefficient (Wildman–Crippen LogP) is 5.44. The summed E-state index contributed by atoms with van der Waals surface area (Å²) in [7, 11) is 0. The van der Waals surface area contributed by atoms with Gasteiger partial charge >= 0.3 is 0 Å². The van der Waals surface area contributed by atoms with Gasteiger partial charge in [0.05, 0.1) is 9.21 Å². The van der Waals surface area contributed by atoms with Crippen LogP contribution in [0.15, 0.2) is 12.1 Å². The first-order valence-electron chi connectivity index (χ1n) is 6.67. The second kappa shape index (κ2) is 5.34. The van der Waals surface area contributed by atoms with Crippen LogP contribution in [0.25, 0.3) is 0 Å². The number of halogens is 1. The maximum absolute atomic E-state index is 12.3. The molecule has 0 aliphatic heterocycles. The van der Waals surface area contributed by atoms with Gasteiger partial charge in [-0.3, -0.25) is 4.79 Å². The van der Waals surface area contributed by atoms with Crippen molar-refractivity contribution in [3.63, 3.8) is 0 Å². The van der Waals surface area contributed by atoms with Crippen molar-refractivity contribution in [1.29, 1.82) is 0 Å². The van der Waals surface area contributed by atoms with Crippen molar-refractivity contribution in [3.05, 3.63) is 21.3 Å². The fourth-order valence-corrected chi connectivity index (χ4v) is 3.93. The highest BCUT2D eigenvalue weighted by atomic mass is 35.5. The number of thiophene rings is 1. The topological polar surface area (TPSA) is 17.1 Å². The normalized spacial score (nSPS) is 25.1. The second-order valence-electron chi connectivity index (χ2n) is 6.38. The van der Waals surface area contributed by atoms with Crippen LogP contribution in [0.4, 0.5) is 0 Å². The van der Waals surface area contributed by atoms with E-state index in [0.29, 0.717) is 15.5 Å². The van der Waals surface area contributed by atoms with Crippen LogP contribution in [-0.4, -0.2) is 5.78 Å². The summed E-state index contributed by atoms with van der Waals surface area (Å²) in [5, 5.41) is 0. The molecule has 0 aromatic carbocycles. The number of hydrogen-bond acceptors (Lipinski definition) is 2. The van der Waals surface area contributed by atoms with E-state index in [2.05, 4.69) is 20.8 Å². The molecule has 0 unspecified atom stereocenters. The van der Waals surface area contributed by atoms with Crippen LogP contribution >= 0.6 is 22.9 Å². The van der Waals surface area contributed by atoms with E-state index in [1.807, 2.05) is 12.1 Å². The van der Waals surface area contributed by atoms with Crippen LogP contribution in [0.2, 0.25) is 4.34 Å². The fraction of sp³-hybridized carbons (Fsp3) is 0.667. The molecule has 1 aliphatic rings. The smallest absolute Gasteiger partial charge is 0.175 e. The Morgan fingerprint density at radius 1 is 1.22 bits per heavy atom. The largest absolute Gasteiger partial charge is 0.293 e. The number of hydrogen-bond donors (Lipinski definition) is 0. The minimum absolute atomic E-state index is 0.221. The van der Waals surface area contributed by atoms with Crippen LogP contribution in [0.5, 0.6) is 0 Å². The lowest BCUT2D eigenvalue weighted by Gasteiger charge is -2.36. The number of carbonyl (C=O) groups excluding carboxylic acids is 1. The van der Waals surface area contributed by atoms with E-state index in [1.54, 1.807) is 0 Å². The molecule has 0 bridgehead atoms.